The zero-order chi connectivity index (χ0) is 24.3. The number of alkyl halides is 3. The molecule has 1 saturated heterocycles. The van der Waals surface area contributed by atoms with Crippen molar-refractivity contribution in [2.75, 3.05) is 26.4 Å². The van der Waals surface area contributed by atoms with Gasteiger partial charge in [0.1, 0.15) is 0 Å². The Kier molecular flexibility index (Phi) is 6.97. The summed E-state index contributed by atoms with van der Waals surface area (Å²) in [7, 11) is 0. The summed E-state index contributed by atoms with van der Waals surface area (Å²) >= 11 is 0. The van der Waals surface area contributed by atoms with Crippen LogP contribution in [0.2, 0.25) is 0 Å². The van der Waals surface area contributed by atoms with Crippen LogP contribution >= 0.6 is 0 Å². The van der Waals surface area contributed by atoms with Gasteiger partial charge in [0, 0.05) is 32.7 Å². The van der Waals surface area contributed by atoms with E-state index >= 15 is 0 Å². The minimum atomic E-state index is -4.46. The smallest absolute Gasteiger partial charge is 0.416 e. The summed E-state index contributed by atoms with van der Waals surface area (Å²) in [5.41, 5.74) is 1.49. The minimum absolute atomic E-state index is 0.0585. The van der Waals surface area contributed by atoms with Crippen LogP contribution in [-0.2, 0) is 35.0 Å². The van der Waals surface area contributed by atoms with Crippen molar-refractivity contribution in [1.82, 2.24) is 15.1 Å². The van der Waals surface area contributed by atoms with E-state index in [-0.39, 0.29) is 23.5 Å². The Labute approximate surface area is 195 Å². The summed E-state index contributed by atoms with van der Waals surface area (Å²) in [6.07, 6.45) is -0.915. The summed E-state index contributed by atoms with van der Waals surface area (Å²) in [4.78, 5) is 25.1. The molecule has 2 aromatic rings. The first-order valence-electron chi connectivity index (χ1n) is 11.5. The van der Waals surface area contributed by atoms with Gasteiger partial charge < -0.3 is 14.8 Å². The third-order valence-electron chi connectivity index (χ3n) is 6.61. The van der Waals surface area contributed by atoms with Gasteiger partial charge >= 0.3 is 12.1 Å². The van der Waals surface area contributed by atoms with Crippen LogP contribution < -0.4 is 5.32 Å². The highest BCUT2D eigenvalue weighted by molar-refractivity contribution is 5.97. The van der Waals surface area contributed by atoms with E-state index in [0.29, 0.717) is 44.7 Å². The molecule has 1 N–H and O–H groups in total. The number of aromatic nitrogens is 2. The predicted octanol–water partition coefficient (Wildman–Crippen LogP) is 3.79. The van der Waals surface area contributed by atoms with Crippen LogP contribution in [0.3, 0.4) is 0 Å². The average Bonchev–Trinajstić information content (AvgIpc) is 3.10. The molecule has 7 nitrogen and oxygen atoms in total. The number of fused-ring (bicyclic) bond motifs is 1. The molecule has 10 heteroatoms. The van der Waals surface area contributed by atoms with E-state index in [9.17, 15) is 22.8 Å². The van der Waals surface area contributed by atoms with Crippen LogP contribution in [0.5, 0.6) is 0 Å². The lowest BCUT2D eigenvalue weighted by atomic mass is 9.76. The fourth-order valence-corrected chi connectivity index (χ4v) is 4.62. The lowest BCUT2D eigenvalue weighted by Gasteiger charge is -2.36. The zero-order valence-corrected chi connectivity index (χ0v) is 19.0. The quantitative estimate of drug-likeness (QED) is 0.504. The number of halogens is 3. The Hall–Kier alpha value is -2.88. The summed E-state index contributed by atoms with van der Waals surface area (Å²) < 4.78 is 50.7. The van der Waals surface area contributed by atoms with E-state index in [1.165, 1.54) is 0 Å². The number of benzene rings is 1. The fourth-order valence-electron chi connectivity index (χ4n) is 4.62. The number of nitrogens with one attached hydrogen (secondary N) is 1. The number of nitrogens with zero attached hydrogens (tertiary/aromatic N) is 2. The molecule has 1 spiro atoms. The molecule has 4 rings (SSSR count). The molecule has 2 aliphatic rings. The highest BCUT2D eigenvalue weighted by Crippen LogP contribution is 2.37. The molecular weight excluding hydrogens is 451 g/mol. The van der Waals surface area contributed by atoms with Crippen molar-refractivity contribution < 1.29 is 32.2 Å². The number of carbonyl (C=O) groups is 2. The van der Waals surface area contributed by atoms with Gasteiger partial charge in [-0.05, 0) is 55.4 Å². The van der Waals surface area contributed by atoms with E-state index in [4.69, 9.17) is 9.47 Å². The van der Waals surface area contributed by atoms with Gasteiger partial charge in [0.2, 0.25) is 0 Å². The summed E-state index contributed by atoms with van der Waals surface area (Å²) in [6, 6.07) is 3.94. The number of ether oxygens (including phenoxy) is 2. The van der Waals surface area contributed by atoms with Crippen LogP contribution in [0.15, 0.2) is 24.3 Å². The van der Waals surface area contributed by atoms with Crippen LogP contribution in [0.25, 0.3) is 0 Å². The Morgan fingerprint density at radius 3 is 2.59 bits per heavy atom. The third-order valence-corrected chi connectivity index (χ3v) is 6.61. The maximum absolute atomic E-state index is 12.9. The molecule has 1 amide bonds. The summed E-state index contributed by atoms with van der Waals surface area (Å²) in [6.45, 7) is 4.45. The Morgan fingerprint density at radius 1 is 1.24 bits per heavy atom. The molecule has 0 radical (unpaired) electrons. The maximum atomic E-state index is 12.9. The number of carbonyl (C=O) groups excluding carboxylic acids is 2. The molecule has 1 fully saturated rings. The van der Waals surface area contributed by atoms with Crippen molar-refractivity contribution in [2.45, 2.75) is 51.7 Å². The molecule has 3 heterocycles. The molecule has 0 aliphatic carbocycles. The van der Waals surface area contributed by atoms with Gasteiger partial charge in [0.25, 0.3) is 5.91 Å². The second-order valence-electron chi connectivity index (χ2n) is 8.88. The predicted molar refractivity (Wildman–Crippen MR) is 116 cm³/mol. The van der Waals surface area contributed by atoms with Gasteiger partial charge in [-0.3, -0.25) is 9.48 Å². The molecule has 184 valence electrons. The van der Waals surface area contributed by atoms with Gasteiger partial charge in [-0.2, -0.15) is 18.3 Å². The van der Waals surface area contributed by atoms with Gasteiger partial charge in [-0.25, -0.2) is 4.79 Å². The van der Waals surface area contributed by atoms with Crippen molar-refractivity contribution in [3.8, 4) is 0 Å². The highest BCUT2D eigenvalue weighted by Gasteiger charge is 2.39. The van der Waals surface area contributed by atoms with Crippen LogP contribution in [0.4, 0.5) is 13.2 Å². The van der Waals surface area contributed by atoms with Crippen LogP contribution in [0, 0.1) is 5.41 Å². The number of hydrogen-bond donors (Lipinski definition) is 1. The van der Waals surface area contributed by atoms with Crippen molar-refractivity contribution in [1.29, 1.82) is 0 Å². The summed E-state index contributed by atoms with van der Waals surface area (Å²) in [5.74, 6) is -0.780. The number of amides is 1. The second kappa shape index (κ2) is 9.77. The van der Waals surface area contributed by atoms with Crippen LogP contribution in [0.1, 0.15) is 63.9 Å². The van der Waals surface area contributed by atoms with Gasteiger partial charge in [-0.15, -0.1) is 0 Å². The third kappa shape index (κ3) is 5.11. The Morgan fingerprint density at radius 2 is 1.94 bits per heavy atom. The lowest BCUT2D eigenvalue weighted by Crippen LogP contribution is -2.40. The first-order valence-corrected chi connectivity index (χ1v) is 11.5. The largest absolute Gasteiger partial charge is 0.462 e. The second-order valence-corrected chi connectivity index (χ2v) is 8.88. The van der Waals surface area contributed by atoms with E-state index in [2.05, 4.69) is 10.4 Å². The number of rotatable bonds is 6. The monoisotopic (exact) mass is 479 g/mol. The maximum Gasteiger partial charge on any atom is 0.416 e. The SMILES string of the molecule is CCc1nn(CCCOC(=O)c2ccc(C(F)(F)F)cc2)c2c1C(=O)NCC1(CCOCC1)C2. The lowest BCUT2D eigenvalue weighted by molar-refractivity contribution is -0.137. The van der Waals surface area contributed by atoms with Gasteiger partial charge in [0.15, 0.2) is 0 Å². The zero-order valence-electron chi connectivity index (χ0n) is 19.0. The highest BCUT2D eigenvalue weighted by atomic mass is 19.4. The first kappa shape index (κ1) is 24.3. The van der Waals surface area contributed by atoms with Crippen molar-refractivity contribution in [2.24, 2.45) is 5.41 Å². The van der Waals surface area contributed by atoms with Crippen molar-refractivity contribution >= 4 is 11.9 Å². The topological polar surface area (TPSA) is 82.5 Å². The van der Waals surface area contributed by atoms with E-state index < -0.39 is 17.7 Å². The standard InChI is InChI=1S/C24H28F3N3O4/c1-2-18-20-19(14-23(15-28-21(20)31)8-12-33-13-9-23)30(29-18)10-3-11-34-22(32)16-4-6-17(7-5-16)24(25,26)27/h4-7H,2-3,8-15H2,1H3,(H,28,31). The molecule has 34 heavy (non-hydrogen) atoms. The molecule has 1 aromatic carbocycles. The molecule has 0 saturated carbocycles. The molecule has 2 aliphatic heterocycles. The van der Waals surface area contributed by atoms with Gasteiger partial charge in [0.05, 0.1) is 34.7 Å². The Balaban J connectivity index is 1.41. The Bertz CT molecular complexity index is 1040. The van der Waals surface area contributed by atoms with Crippen molar-refractivity contribution in [3.63, 3.8) is 0 Å². The molecule has 0 bridgehead atoms. The number of esters is 1. The van der Waals surface area contributed by atoms with Gasteiger partial charge in [-0.1, -0.05) is 6.92 Å². The molecule has 0 atom stereocenters. The van der Waals surface area contributed by atoms with E-state index in [0.717, 1.165) is 54.9 Å². The van der Waals surface area contributed by atoms with E-state index in [1.807, 2.05) is 11.6 Å². The van der Waals surface area contributed by atoms with Crippen LogP contribution in [-0.4, -0.2) is 48.0 Å². The summed E-state index contributed by atoms with van der Waals surface area (Å²) in [5, 5.41) is 7.74. The molecule has 0 unspecified atom stereocenters. The normalized spacial score (nSPS) is 17.7. The number of hydrogen-bond acceptors (Lipinski definition) is 5. The fraction of sp³-hybridized carbons (Fsp3) is 0.542. The molecule has 1 aromatic heterocycles. The van der Waals surface area contributed by atoms with E-state index in [1.54, 1.807) is 0 Å². The number of aryl methyl sites for hydroxylation is 2. The molecular formula is C24H28F3N3O4. The first-order chi connectivity index (χ1) is 16.2. The average molecular weight is 479 g/mol. The van der Waals surface area contributed by atoms with Crippen molar-refractivity contribution in [3.05, 3.63) is 52.3 Å². The minimum Gasteiger partial charge on any atom is -0.462 e.